The maximum absolute atomic E-state index is 13.1. The van der Waals surface area contributed by atoms with E-state index in [1.807, 2.05) is 54.5 Å². The number of amides is 1. The lowest BCUT2D eigenvalue weighted by atomic mass is 9.80. The van der Waals surface area contributed by atoms with Crippen molar-refractivity contribution in [3.63, 3.8) is 0 Å². The minimum atomic E-state index is -0.953. The first-order chi connectivity index (χ1) is 14.3. The third-order valence-corrected chi connectivity index (χ3v) is 5.95. The molecule has 30 heavy (non-hydrogen) atoms. The van der Waals surface area contributed by atoms with Crippen LogP contribution in [-0.2, 0) is 10.3 Å². The molecular weight excluding hydrogens is 380 g/mol. The molecule has 4 rings (SSSR count). The first-order valence-electron chi connectivity index (χ1n) is 10.6. The lowest BCUT2D eigenvalue weighted by Crippen LogP contribution is -2.54. The van der Waals surface area contributed by atoms with Crippen molar-refractivity contribution >= 4 is 12.0 Å². The Morgan fingerprint density at radius 1 is 1.20 bits per heavy atom. The zero-order valence-electron chi connectivity index (χ0n) is 17.9. The van der Waals surface area contributed by atoms with Gasteiger partial charge in [0.05, 0.1) is 11.6 Å². The Bertz CT molecular complexity index is 882. The molecule has 0 radical (unpaired) electrons. The van der Waals surface area contributed by atoms with Crippen LogP contribution in [-0.4, -0.2) is 57.3 Å². The highest BCUT2D eigenvalue weighted by molar-refractivity contribution is 5.70. The fourth-order valence-corrected chi connectivity index (χ4v) is 4.60. The van der Waals surface area contributed by atoms with Crippen LogP contribution in [0.5, 0.6) is 0 Å². The average molecular weight is 411 g/mol. The topological polar surface area (TPSA) is 78.8 Å². The molecule has 0 bridgehead atoms. The lowest BCUT2D eigenvalue weighted by Gasteiger charge is -2.45. The van der Waals surface area contributed by atoms with E-state index in [1.54, 1.807) is 13.8 Å². The Labute approximate surface area is 177 Å². The van der Waals surface area contributed by atoms with Gasteiger partial charge in [-0.15, -0.1) is 0 Å². The molecule has 1 aromatic carbocycles. The van der Waals surface area contributed by atoms with E-state index in [9.17, 15) is 9.90 Å². The van der Waals surface area contributed by atoms with Gasteiger partial charge in [-0.3, -0.25) is 0 Å². The molecule has 2 aromatic rings. The second-order valence-electron chi connectivity index (χ2n) is 9.11. The molecule has 0 saturated carbocycles. The van der Waals surface area contributed by atoms with Crippen molar-refractivity contribution in [3.05, 3.63) is 53.9 Å². The number of carbonyl (C=O) groups is 1. The standard InChI is InChI=1S/C23H30N4O3/c1-17-13-24-20(25-14-17)26-11-9-19(15-26)27-12-10-23(30-21(27)28,16-22(2,3)29)18-7-5-4-6-8-18/h4-8,13-14,19,29H,9-12,15-16H2,1-3H3/t19-,23-/m0/s1. The molecule has 160 valence electrons. The number of aromatic nitrogens is 2. The highest BCUT2D eigenvalue weighted by Crippen LogP contribution is 2.41. The van der Waals surface area contributed by atoms with Crippen LogP contribution in [0.25, 0.3) is 0 Å². The molecule has 1 aromatic heterocycles. The predicted molar refractivity (Wildman–Crippen MR) is 114 cm³/mol. The number of carbonyl (C=O) groups excluding carboxylic acids is 1. The summed E-state index contributed by atoms with van der Waals surface area (Å²) in [5.74, 6) is 0.703. The number of ether oxygens (including phenoxy) is 1. The molecule has 2 fully saturated rings. The summed E-state index contributed by atoms with van der Waals surface area (Å²) >= 11 is 0. The van der Waals surface area contributed by atoms with Crippen LogP contribution in [0.3, 0.4) is 0 Å². The summed E-state index contributed by atoms with van der Waals surface area (Å²) in [6.45, 7) is 7.58. The zero-order valence-corrected chi connectivity index (χ0v) is 17.9. The zero-order chi connectivity index (χ0) is 21.4. The number of cyclic esters (lactones) is 1. The van der Waals surface area contributed by atoms with Crippen molar-refractivity contribution in [1.82, 2.24) is 14.9 Å². The van der Waals surface area contributed by atoms with Crippen LogP contribution in [0, 0.1) is 6.92 Å². The number of rotatable bonds is 5. The summed E-state index contributed by atoms with van der Waals surface area (Å²) in [4.78, 5) is 25.9. The fourth-order valence-electron chi connectivity index (χ4n) is 4.60. The van der Waals surface area contributed by atoms with Gasteiger partial charge in [-0.05, 0) is 38.3 Å². The Kier molecular flexibility index (Phi) is 5.40. The van der Waals surface area contributed by atoms with Crippen LogP contribution in [0.4, 0.5) is 10.7 Å². The normalized spacial score (nSPS) is 24.8. The molecule has 2 saturated heterocycles. The molecule has 7 heteroatoms. The van der Waals surface area contributed by atoms with Gasteiger partial charge < -0.3 is 19.6 Å². The minimum absolute atomic E-state index is 0.0679. The van der Waals surface area contributed by atoms with E-state index in [0.29, 0.717) is 31.9 Å². The molecule has 1 amide bonds. The molecule has 3 heterocycles. The van der Waals surface area contributed by atoms with Crippen molar-refractivity contribution in [2.45, 2.75) is 57.3 Å². The SMILES string of the molecule is Cc1cnc(N2CC[C@H](N3CC[C@](CC(C)(C)O)(c4ccccc4)OC3=O)C2)nc1. The first kappa shape index (κ1) is 20.6. The van der Waals surface area contributed by atoms with E-state index in [-0.39, 0.29) is 12.1 Å². The first-order valence-corrected chi connectivity index (χ1v) is 10.6. The number of benzene rings is 1. The molecule has 7 nitrogen and oxygen atoms in total. The smallest absolute Gasteiger partial charge is 0.410 e. The van der Waals surface area contributed by atoms with Crippen LogP contribution in [0.15, 0.2) is 42.7 Å². The van der Waals surface area contributed by atoms with Crippen LogP contribution < -0.4 is 4.90 Å². The summed E-state index contributed by atoms with van der Waals surface area (Å²) in [6.07, 6.45) is 5.18. The molecular formula is C23H30N4O3. The van der Waals surface area contributed by atoms with Gasteiger partial charge in [0, 0.05) is 44.9 Å². The Morgan fingerprint density at radius 2 is 1.90 bits per heavy atom. The maximum atomic E-state index is 13.1. The van der Waals surface area contributed by atoms with Crippen LogP contribution in [0.2, 0.25) is 0 Å². The van der Waals surface area contributed by atoms with E-state index < -0.39 is 11.2 Å². The Balaban J connectivity index is 1.49. The van der Waals surface area contributed by atoms with Gasteiger partial charge in [0.25, 0.3) is 0 Å². The van der Waals surface area contributed by atoms with Gasteiger partial charge in [-0.2, -0.15) is 0 Å². The van der Waals surface area contributed by atoms with E-state index in [1.165, 1.54) is 0 Å². The quantitative estimate of drug-likeness (QED) is 0.815. The van der Waals surface area contributed by atoms with Crippen molar-refractivity contribution < 1.29 is 14.6 Å². The van der Waals surface area contributed by atoms with Gasteiger partial charge in [0.1, 0.15) is 5.60 Å². The average Bonchev–Trinajstić information content (AvgIpc) is 3.18. The van der Waals surface area contributed by atoms with Gasteiger partial charge >= 0.3 is 6.09 Å². The number of nitrogens with zero attached hydrogens (tertiary/aromatic N) is 4. The summed E-state index contributed by atoms with van der Waals surface area (Å²) in [6, 6.07) is 9.84. The number of hydrogen-bond donors (Lipinski definition) is 1. The Morgan fingerprint density at radius 3 is 2.53 bits per heavy atom. The molecule has 2 aliphatic rings. The summed E-state index contributed by atoms with van der Waals surface area (Å²) < 4.78 is 6.09. The van der Waals surface area contributed by atoms with E-state index in [0.717, 1.165) is 24.1 Å². The molecule has 0 aliphatic carbocycles. The van der Waals surface area contributed by atoms with Crippen molar-refractivity contribution in [1.29, 1.82) is 0 Å². The maximum Gasteiger partial charge on any atom is 0.410 e. The second kappa shape index (κ2) is 7.87. The lowest BCUT2D eigenvalue weighted by molar-refractivity contribution is -0.100. The summed E-state index contributed by atoms with van der Waals surface area (Å²) in [5, 5.41) is 10.5. The third kappa shape index (κ3) is 4.26. The van der Waals surface area contributed by atoms with E-state index in [4.69, 9.17) is 4.74 Å². The van der Waals surface area contributed by atoms with E-state index in [2.05, 4.69) is 14.9 Å². The number of anilines is 1. The monoisotopic (exact) mass is 410 g/mol. The number of aryl methyl sites for hydroxylation is 1. The van der Waals surface area contributed by atoms with Gasteiger partial charge in [-0.25, -0.2) is 14.8 Å². The van der Waals surface area contributed by atoms with Crippen molar-refractivity contribution in [2.24, 2.45) is 0 Å². The molecule has 2 atom stereocenters. The van der Waals surface area contributed by atoms with Crippen molar-refractivity contribution in [3.8, 4) is 0 Å². The van der Waals surface area contributed by atoms with Gasteiger partial charge in [-0.1, -0.05) is 30.3 Å². The van der Waals surface area contributed by atoms with Gasteiger partial charge in [0.15, 0.2) is 0 Å². The highest BCUT2D eigenvalue weighted by Gasteiger charge is 2.47. The molecule has 0 spiro atoms. The highest BCUT2D eigenvalue weighted by atomic mass is 16.6. The summed E-state index contributed by atoms with van der Waals surface area (Å²) in [5.41, 5.74) is 0.191. The van der Waals surface area contributed by atoms with Crippen molar-refractivity contribution in [2.75, 3.05) is 24.5 Å². The van der Waals surface area contributed by atoms with Crippen LogP contribution >= 0.6 is 0 Å². The molecule has 1 N–H and O–H groups in total. The minimum Gasteiger partial charge on any atom is -0.438 e. The van der Waals surface area contributed by atoms with Gasteiger partial charge in [0.2, 0.25) is 5.95 Å². The predicted octanol–water partition coefficient (Wildman–Crippen LogP) is 3.26. The second-order valence-corrected chi connectivity index (χ2v) is 9.11. The van der Waals surface area contributed by atoms with Crippen LogP contribution in [0.1, 0.15) is 44.2 Å². The number of aliphatic hydroxyl groups is 1. The van der Waals surface area contributed by atoms with E-state index >= 15 is 0 Å². The fraction of sp³-hybridized carbons (Fsp3) is 0.522. The molecule has 2 aliphatic heterocycles. The molecule has 0 unspecified atom stereocenters. The Hall–Kier alpha value is -2.67. The number of hydrogen-bond acceptors (Lipinski definition) is 6. The summed E-state index contributed by atoms with van der Waals surface area (Å²) in [7, 11) is 0. The third-order valence-electron chi connectivity index (χ3n) is 5.95. The largest absolute Gasteiger partial charge is 0.438 e.